The summed E-state index contributed by atoms with van der Waals surface area (Å²) in [6, 6.07) is 14.9. The van der Waals surface area contributed by atoms with Crippen LogP contribution >= 0.6 is 0 Å². The number of benzene rings is 2. The van der Waals surface area contributed by atoms with E-state index < -0.39 is 10.8 Å². The summed E-state index contributed by atoms with van der Waals surface area (Å²) < 4.78 is 5.38. The summed E-state index contributed by atoms with van der Waals surface area (Å²) in [4.78, 5) is 31.9. The summed E-state index contributed by atoms with van der Waals surface area (Å²) in [6.07, 6.45) is 3.26. The zero-order valence-corrected chi connectivity index (χ0v) is 15.8. The molecule has 9 nitrogen and oxygen atoms in total. The molecule has 0 radical (unpaired) electrons. The molecule has 0 aliphatic rings. The van der Waals surface area contributed by atoms with Crippen LogP contribution in [0.3, 0.4) is 0 Å². The molecule has 1 N–H and O–H groups in total. The number of amides is 1. The number of carbonyl (C=O) groups is 1. The zero-order valence-electron chi connectivity index (χ0n) is 15.8. The molecule has 0 spiro atoms. The van der Waals surface area contributed by atoms with Crippen molar-refractivity contribution in [2.45, 2.75) is 6.92 Å². The van der Waals surface area contributed by atoms with Gasteiger partial charge in [-0.2, -0.15) is 4.98 Å². The molecule has 2 heterocycles. The van der Waals surface area contributed by atoms with E-state index in [1.165, 1.54) is 25.1 Å². The fourth-order valence-electron chi connectivity index (χ4n) is 2.98. The molecule has 0 unspecified atom stereocenters. The number of nitro benzene ring substituents is 1. The largest absolute Gasteiger partial charge is 0.334 e. The molecule has 9 heteroatoms. The first kappa shape index (κ1) is 18.9. The van der Waals surface area contributed by atoms with E-state index in [9.17, 15) is 14.9 Å². The lowest BCUT2D eigenvalue weighted by molar-refractivity contribution is -0.385. The highest BCUT2D eigenvalue weighted by Gasteiger charge is 2.20. The minimum atomic E-state index is -0.515. The molecule has 0 atom stereocenters. The van der Waals surface area contributed by atoms with Gasteiger partial charge in [0.25, 0.3) is 17.5 Å². The van der Waals surface area contributed by atoms with E-state index in [1.807, 2.05) is 0 Å². The average Bonchev–Trinajstić information content (AvgIpc) is 3.25. The maximum atomic E-state index is 12.8. The first-order valence-electron chi connectivity index (χ1n) is 8.93. The van der Waals surface area contributed by atoms with Crippen molar-refractivity contribution in [2.75, 3.05) is 5.32 Å². The smallest absolute Gasteiger partial charge is 0.273 e. The van der Waals surface area contributed by atoms with E-state index in [4.69, 9.17) is 4.52 Å². The Bertz CT molecular complexity index is 1240. The summed E-state index contributed by atoms with van der Waals surface area (Å²) in [6.45, 7) is 1.54. The first-order valence-corrected chi connectivity index (χ1v) is 8.93. The molecule has 0 bridgehead atoms. The molecule has 30 heavy (non-hydrogen) atoms. The second kappa shape index (κ2) is 7.92. The molecule has 1 amide bonds. The van der Waals surface area contributed by atoms with Gasteiger partial charge < -0.3 is 9.84 Å². The van der Waals surface area contributed by atoms with Crippen molar-refractivity contribution in [3.63, 3.8) is 0 Å². The highest BCUT2D eigenvalue weighted by Crippen LogP contribution is 2.29. The van der Waals surface area contributed by atoms with Crippen LogP contribution in [-0.4, -0.2) is 26.0 Å². The lowest BCUT2D eigenvalue weighted by Gasteiger charge is -2.10. The Morgan fingerprint density at radius 3 is 2.70 bits per heavy atom. The summed E-state index contributed by atoms with van der Waals surface area (Å²) in [7, 11) is 0. The van der Waals surface area contributed by atoms with Gasteiger partial charge in [0.2, 0.25) is 5.82 Å². The van der Waals surface area contributed by atoms with Gasteiger partial charge in [0.05, 0.1) is 16.2 Å². The second-order valence-corrected chi connectivity index (χ2v) is 6.37. The van der Waals surface area contributed by atoms with E-state index in [1.54, 1.807) is 48.8 Å². The van der Waals surface area contributed by atoms with Crippen molar-refractivity contribution in [1.82, 2.24) is 15.1 Å². The number of nitrogens with one attached hydrogen (secondary N) is 1. The molecule has 4 aromatic rings. The fraction of sp³-hybridized carbons (Fsp3) is 0.0476. The van der Waals surface area contributed by atoms with Crippen LogP contribution in [0.1, 0.15) is 15.9 Å². The van der Waals surface area contributed by atoms with Crippen LogP contribution in [0.15, 0.2) is 71.5 Å². The van der Waals surface area contributed by atoms with Gasteiger partial charge in [-0.1, -0.05) is 23.4 Å². The number of aromatic nitrogens is 3. The number of nitrogens with zero attached hydrogens (tertiary/aromatic N) is 4. The SMILES string of the molecule is Cc1c(C(=O)Nc2ccccc2-c2nc(-c3cccnc3)no2)cccc1[N+](=O)[O-]. The van der Waals surface area contributed by atoms with E-state index in [0.717, 1.165) is 0 Å². The Morgan fingerprint density at radius 1 is 1.10 bits per heavy atom. The van der Waals surface area contributed by atoms with E-state index >= 15 is 0 Å². The van der Waals surface area contributed by atoms with Crippen LogP contribution in [0.2, 0.25) is 0 Å². The molecule has 0 aliphatic carbocycles. The lowest BCUT2D eigenvalue weighted by atomic mass is 10.1. The number of para-hydroxylation sites is 1. The van der Waals surface area contributed by atoms with Crippen LogP contribution in [0, 0.1) is 17.0 Å². The summed E-state index contributed by atoms with van der Waals surface area (Å²) in [5.41, 5.74) is 2.04. The third kappa shape index (κ3) is 3.63. The molecular formula is C21H15N5O4. The normalized spacial score (nSPS) is 10.6. The van der Waals surface area contributed by atoms with E-state index in [-0.39, 0.29) is 22.7 Å². The Kier molecular flexibility index (Phi) is 5.00. The monoisotopic (exact) mass is 401 g/mol. The quantitative estimate of drug-likeness (QED) is 0.391. The van der Waals surface area contributed by atoms with Crippen molar-refractivity contribution in [2.24, 2.45) is 0 Å². The topological polar surface area (TPSA) is 124 Å². The second-order valence-electron chi connectivity index (χ2n) is 6.37. The van der Waals surface area contributed by atoms with Crippen LogP contribution < -0.4 is 5.32 Å². The molecule has 0 saturated carbocycles. The predicted molar refractivity (Wildman–Crippen MR) is 109 cm³/mol. The summed E-state index contributed by atoms with van der Waals surface area (Å²) >= 11 is 0. The highest BCUT2D eigenvalue weighted by atomic mass is 16.6. The van der Waals surface area contributed by atoms with Gasteiger partial charge in [0.1, 0.15) is 0 Å². The molecule has 4 rings (SSSR count). The molecule has 0 fully saturated rings. The van der Waals surface area contributed by atoms with Crippen molar-refractivity contribution in [3.8, 4) is 22.8 Å². The number of rotatable bonds is 5. The van der Waals surface area contributed by atoms with Gasteiger partial charge in [0.15, 0.2) is 0 Å². The minimum Gasteiger partial charge on any atom is -0.334 e. The Labute approximate surface area is 170 Å². The van der Waals surface area contributed by atoms with Crippen LogP contribution in [-0.2, 0) is 0 Å². The lowest BCUT2D eigenvalue weighted by Crippen LogP contribution is -2.14. The van der Waals surface area contributed by atoms with Crippen molar-refractivity contribution < 1.29 is 14.2 Å². The number of hydrogen-bond acceptors (Lipinski definition) is 7. The minimum absolute atomic E-state index is 0.117. The number of hydrogen-bond donors (Lipinski definition) is 1. The van der Waals surface area contributed by atoms with E-state index in [2.05, 4.69) is 20.4 Å². The maximum absolute atomic E-state index is 12.8. The van der Waals surface area contributed by atoms with Crippen LogP contribution in [0.25, 0.3) is 22.8 Å². The Balaban J connectivity index is 1.65. The number of pyridine rings is 1. The molecule has 2 aromatic carbocycles. The van der Waals surface area contributed by atoms with Crippen molar-refractivity contribution in [1.29, 1.82) is 0 Å². The third-order valence-electron chi connectivity index (χ3n) is 4.50. The van der Waals surface area contributed by atoms with Crippen molar-refractivity contribution in [3.05, 3.63) is 88.2 Å². The van der Waals surface area contributed by atoms with Gasteiger partial charge in [-0.25, -0.2) is 0 Å². The molecular weight excluding hydrogens is 386 g/mol. The van der Waals surface area contributed by atoms with Gasteiger partial charge in [-0.05, 0) is 37.3 Å². The number of nitro groups is 1. The zero-order chi connectivity index (χ0) is 21.1. The maximum Gasteiger partial charge on any atom is 0.273 e. The van der Waals surface area contributed by atoms with Crippen LogP contribution in [0.4, 0.5) is 11.4 Å². The van der Waals surface area contributed by atoms with Gasteiger partial charge >= 0.3 is 0 Å². The molecule has 148 valence electrons. The average molecular weight is 401 g/mol. The molecule has 0 aliphatic heterocycles. The number of carbonyl (C=O) groups excluding carboxylic acids is 1. The predicted octanol–water partition coefficient (Wildman–Crippen LogP) is 4.27. The van der Waals surface area contributed by atoms with E-state index in [0.29, 0.717) is 22.6 Å². The molecule has 0 saturated heterocycles. The fourth-order valence-corrected chi connectivity index (χ4v) is 2.98. The highest BCUT2D eigenvalue weighted by molar-refractivity contribution is 6.07. The Hall–Kier alpha value is -4.40. The summed E-state index contributed by atoms with van der Waals surface area (Å²) in [5.74, 6) is 0.116. The Morgan fingerprint density at radius 2 is 1.93 bits per heavy atom. The van der Waals surface area contributed by atoms with Gasteiger partial charge in [-0.15, -0.1) is 0 Å². The number of anilines is 1. The first-order chi connectivity index (χ1) is 14.5. The van der Waals surface area contributed by atoms with Crippen LogP contribution in [0.5, 0.6) is 0 Å². The molecule has 2 aromatic heterocycles. The van der Waals surface area contributed by atoms with Gasteiger partial charge in [-0.3, -0.25) is 19.9 Å². The summed E-state index contributed by atoms with van der Waals surface area (Å²) in [5, 5.41) is 17.9. The standard InChI is InChI=1S/C21H15N5O4/c1-13-15(8-4-10-18(13)26(28)29)20(27)23-17-9-3-2-7-16(17)21-24-19(25-30-21)14-6-5-11-22-12-14/h2-12H,1H3,(H,23,27). The van der Waals surface area contributed by atoms with Gasteiger partial charge in [0, 0.05) is 35.2 Å². The third-order valence-corrected chi connectivity index (χ3v) is 4.50. The van der Waals surface area contributed by atoms with Crippen molar-refractivity contribution >= 4 is 17.3 Å².